The van der Waals surface area contributed by atoms with Gasteiger partial charge in [0.2, 0.25) is 21.8 Å². The van der Waals surface area contributed by atoms with Crippen molar-refractivity contribution in [3.8, 4) is 0 Å². The number of imide groups is 1. The number of hydrogen-bond donors (Lipinski definition) is 1. The molecule has 108 valence electrons. The van der Waals surface area contributed by atoms with Crippen LogP contribution in [0.5, 0.6) is 0 Å². The van der Waals surface area contributed by atoms with Crippen molar-refractivity contribution in [3.05, 3.63) is 29.8 Å². The van der Waals surface area contributed by atoms with Crippen LogP contribution in [0.4, 0.5) is 8.78 Å². The van der Waals surface area contributed by atoms with Crippen LogP contribution in [-0.2, 0) is 19.6 Å². The number of amides is 2. The van der Waals surface area contributed by atoms with Gasteiger partial charge in [-0.2, -0.15) is 4.31 Å². The van der Waals surface area contributed by atoms with Gasteiger partial charge in [0.1, 0.15) is 22.6 Å². The lowest BCUT2D eigenvalue weighted by Gasteiger charge is -2.30. The van der Waals surface area contributed by atoms with Gasteiger partial charge in [-0.05, 0) is 25.1 Å². The number of carbonyl (C=O) groups is 2. The monoisotopic (exact) mass is 304 g/mol. The Bertz CT molecular complexity index is 690. The summed E-state index contributed by atoms with van der Waals surface area (Å²) in [5, 5.41) is 1.96. The summed E-state index contributed by atoms with van der Waals surface area (Å²) in [6.07, 6.45) is 0. The Morgan fingerprint density at radius 1 is 1.30 bits per heavy atom. The first kappa shape index (κ1) is 14.5. The minimum Gasteiger partial charge on any atom is -0.294 e. The molecule has 0 aliphatic carbocycles. The van der Waals surface area contributed by atoms with E-state index in [-0.39, 0.29) is 0 Å². The summed E-state index contributed by atoms with van der Waals surface area (Å²) in [5.41, 5.74) is 0. The molecule has 1 aromatic rings. The second-order valence-corrected chi connectivity index (χ2v) is 6.07. The highest BCUT2D eigenvalue weighted by atomic mass is 32.2. The largest absolute Gasteiger partial charge is 0.294 e. The molecule has 9 heteroatoms. The van der Waals surface area contributed by atoms with Gasteiger partial charge >= 0.3 is 0 Å². The molecule has 1 atom stereocenters. The molecule has 0 saturated carbocycles. The van der Waals surface area contributed by atoms with E-state index in [1.807, 2.05) is 5.32 Å². The van der Waals surface area contributed by atoms with Crippen LogP contribution < -0.4 is 5.32 Å². The molecule has 20 heavy (non-hydrogen) atoms. The lowest BCUT2D eigenvalue weighted by molar-refractivity contribution is -0.136. The molecule has 1 saturated heterocycles. The summed E-state index contributed by atoms with van der Waals surface area (Å²) in [5.74, 6) is -3.74. The van der Waals surface area contributed by atoms with Crippen LogP contribution in [0.3, 0.4) is 0 Å². The van der Waals surface area contributed by atoms with E-state index in [4.69, 9.17) is 0 Å². The number of carbonyl (C=O) groups excluding carboxylic acids is 2. The Morgan fingerprint density at radius 2 is 1.95 bits per heavy atom. The summed E-state index contributed by atoms with van der Waals surface area (Å²) < 4.78 is 51.7. The molecule has 2 amide bonds. The zero-order valence-corrected chi connectivity index (χ0v) is 11.1. The van der Waals surface area contributed by atoms with E-state index in [9.17, 15) is 26.8 Å². The van der Waals surface area contributed by atoms with Crippen molar-refractivity contribution in [3.63, 3.8) is 0 Å². The summed E-state index contributed by atoms with van der Waals surface area (Å²) in [4.78, 5) is 21.8. The molecule has 0 bridgehead atoms. The number of hydrogen-bond acceptors (Lipinski definition) is 4. The van der Waals surface area contributed by atoms with E-state index in [0.29, 0.717) is 16.4 Å². The van der Waals surface area contributed by atoms with Crippen LogP contribution in [-0.4, -0.2) is 37.1 Å². The van der Waals surface area contributed by atoms with Gasteiger partial charge in [0, 0.05) is 0 Å². The number of halogens is 2. The Labute approximate surface area is 113 Å². The summed E-state index contributed by atoms with van der Waals surface area (Å²) >= 11 is 0. The smallest absolute Gasteiger partial charge is 0.247 e. The van der Waals surface area contributed by atoms with Crippen molar-refractivity contribution < 1.29 is 26.8 Å². The van der Waals surface area contributed by atoms with Gasteiger partial charge in [-0.25, -0.2) is 17.2 Å². The highest BCUT2D eigenvalue weighted by Gasteiger charge is 2.40. The topological polar surface area (TPSA) is 83.6 Å². The lowest BCUT2D eigenvalue weighted by atomic mass is 10.2. The normalized spacial score (nSPS) is 20.9. The lowest BCUT2D eigenvalue weighted by Crippen LogP contribution is -2.58. The number of nitrogens with zero attached hydrogens (tertiary/aromatic N) is 1. The minimum atomic E-state index is -4.49. The van der Waals surface area contributed by atoms with E-state index in [2.05, 4.69) is 0 Å². The Kier molecular flexibility index (Phi) is 3.57. The SMILES string of the molecule is CC1C(=O)NC(=O)CN1S(=O)(=O)c1cc(F)ccc1F. The van der Waals surface area contributed by atoms with Gasteiger partial charge in [-0.3, -0.25) is 14.9 Å². The second-order valence-electron chi connectivity index (χ2n) is 4.21. The van der Waals surface area contributed by atoms with Gasteiger partial charge in [0.15, 0.2) is 0 Å². The zero-order valence-electron chi connectivity index (χ0n) is 10.3. The summed E-state index contributed by atoms with van der Waals surface area (Å²) in [7, 11) is -4.49. The maximum atomic E-state index is 13.6. The van der Waals surface area contributed by atoms with Crippen LogP contribution >= 0.6 is 0 Å². The maximum Gasteiger partial charge on any atom is 0.247 e. The predicted molar refractivity (Wildman–Crippen MR) is 62.9 cm³/mol. The first-order valence-electron chi connectivity index (χ1n) is 5.54. The zero-order chi connectivity index (χ0) is 15.1. The van der Waals surface area contributed by atoms with Crippen molar-refractivity contribution >= 4 is 21.8 Å². The number of rotatable bonds is 2. The Morgan fingerprint density at radius 3 is 2.60 bits per heavy atom. The van der Waals surface area contributed by atoms with Crippen molar-refractivity contribution in [2.75, 3.05) is 6.54 Å². The van der Waals surface area contributed by atoms with Crippen LogP contribution in [0.1, 0.15) is 6.92 Å². The molecule has 1 fully saturated rings. The number of piperazine rings is 1. The third-order valence-electron chi connectivity index (χ3n) is 2.85. The third-order valence-corrected chi connectivity index (χ3v) is 4.78. The average molecular weight is 304 g/mol. The molecule has 1 N–H and O–H groups in total. The van der Waals surface area contributed by atoms with Crippen molar-refractivity contribution in [2.45, 2.75) is 17.9 Å². The van der Waals surface area contributed by atoms with Crippen LogP contribution in [0.15, 0.2) is 23.1 Å². The minimum absolute atomic E-state index is 0.508. The highest BCUT2D eigenvalue weighted by molar-refractivity contribution is 7.89. The molecule has 0 spiro atoms. The summed E-state index contributed by atoms with van der Waals surface area (Å²) in [6.45, 7) is 0.613. The molecule has 1 aromatic carbocycles. The van der Waals surface area contributed by atoms with Crippen LogP contribution in [0.2, 0.25) is 0 Å². The fraction of sp³-hybridized carbons (Fsp3) is 0.273. The van der Waals surface area contributed by atoms with Gasteiger partial charge in [0.25, 0.3) is 0 Å². The number of sulfonamides is 1. The van der Waals surface area contributed by atoms with Crippen molar-refractivity contribution in [1.82, 2.24) is 9.62 Å². The van der Waals surface area contributed by atoms with E-state index >= 15 is 0 Å². The van der Waals surface area contributed by atoms with Gasteiger partial charge in [-0.1, -0.05) is 0 Å². The molecule has 0 radical (unpaired) electrons. The van der Waals surface area contributed by atoms with Crippen molar-refractivity contribution in [2.24, 2.45) is 0 Å². The molecule has 1 aliphatic rings. The molecular weight excluding hydrogens is 294 g/mol. The molecule has 2 rings (SSSR count). The second kappa shape index (κ2) is 4.91. The molecule has 0 aromatic heterocycles. The Balaban J connectivity index is 2.51. The van der Waals surface area contributed by atoms with Crippen LogP contribution in [0.25, 0.3) is 0 Å². The molecule has 1 aliphatic heterocycles. The van der Waals surface area contributed by atoms with Crippen molar-refractivity contribution in [1.29, 1.82) is 0 Å². The fourth-order valence-electron chi connectivity index (χ4n) is 1.78. The standard InChI is InChI=1S/C11H10F2N2O4S/c1-6-11(17)14-10(16)5-15(6)20(18,19)9-4-7(12)2-3-8(9)13/h2-4,6H,5H2,1H3,(H,14,16,17). The number of nitrogens with one attached hydrogen (secondary N) is 1. The summed E-state index contributed by atoms with van der Waals surface area (Å²) in [6, 6.07) is 0.749. The number of benzene rings is 1. The van der Waals surface area contributed by atoms with E-state index in [1.165, 1.54) is 6.92 Å². The first-order chi connectivity index (χ1) is 9.23. The highest BCUT2D eigenvalue weighted by Crippen LogP contribution is 2.23. The maximum absolute atomic E-state index is 13.6. The van der Waals surface area contributed by atoms with Gasteiger partial charge in [-0.15, -0.1) is 0 Å². The van der Waals surface area contributed by atoms with Gasteiger partial charge < -0.3 is 0 Å². The predicted octanol–water partition coefficient (Wildman–Crippen LogP) is 0.000400. The van der Waals surface area contributed by atoms with Gasteiger partial charge in [0.05, 0.1) is 6.54 Å². The Hall–Kier alpha value is -1.87. The quantitative estimate of drug-likeness (QED) is 0.780. The van der Waals surface area contributed by atoms with E-state index in [1.54, 1.807) is 0 Å². The van der Waals surface area contributed by atoms with E-state index in [0.717, 1.165) is 6.07 Å². The van der Waals surface area contributed by atoms with E-state index < -0.39 is 51.0 Å². The average Bonchev–Trinajstić information content (AvgIpc) is 2.36. The molecule has 1 heterocycles. The molecule has 6 nitrogen and oxygen atoms in total. The van der Waals surface area contributed by atoms with Crippen LogP contribution in [0, 0.1) is 11.6 Å². The molecule has 1 unspecified atom stereocenters. The fourth-order valence-corrected chi connectivity index (χ4v) is 3.41. The third kappa shape index (κ3) is 2.41. The first-order valence-corrected chi connectivity index (χ1v) is 6.98. The molecular formula is C11H10F2N2O4S.